The van der Waals surface area contributed by atoms with Crippen molar-refractivity contribution in [2.45, 2.75) is 51.8 Å². The summed E-state index contributed by atoms with van der Waals surface area (Å²) in [6.07, 6.45) is 1.54. The summed E-state index contributed by atoms with van der Waals surface area (Å²) in [5.41, 5.74) is 6.31. The van der Waals surface area contributed by atoms with Gasteiger partial charge >= 0.3 is 0 Å². The molecule has 108 valence electrons. The second kappa shape index (κ2) is 6.07. The van der Waals surface area contributed by atoms with Crippen LogP contribution in [0, 0.1) is 12.8 Å². The maximum atomic E-state index is 9.87. The van der Waals surface area contributed by atoms with E-state index in [4.69, 9.17) is 10.2 Å². The monoisotopic (exact) mass is 266 g/mol. The molecule has 1 aromatic rings. The number of furan rings is 1. The van der Waals surface area contributed by atoms with Crippen LogP contribution in [0.4, 0.5) is 0 Å². The Kier molecular flexibility index (Phi) is 4.66. The third-order valence-electron chi connectivity index (χ3n) is 4.21. The molecule has 4 nitrogen and oxygen atoms in total. The first-order chi connectivity index (χ1) is 9.02. The van der Waals surface area contributed by atoms with Crippen molar-refractivity contribution in [3.8, 4) is 0 Å². The molecule has 0 amide bonds. The van der Waals surface area contributed by atoms with Gasteiger partial charge in [-0.1, -0.05) is 13.8 Å². The summed E-state index contributed by atoms with van der Waals surface area (Å²) in [7, 11) is 0. The van der Waals surface area contributed by atoms with Crippen molar-refractivity contribution in [1.82, 2.24) is 4.90 Å². The van der Waals surface area contributed by atoms with Crippen LogP contribution in [-0.2, 0) is 0 Å². The molecule has 1 aliphatic heterocycles. The lowest BCUT2D eigenvalue weighted by Gasteiger charge is -2.40. The number of rotatable bonds is 4. The summed E-state index contributed by atoms with van der Waals surface area (Å²) < 4.78 is 5.80. The van der Waals surface area contributed by atoms with Crippen LogP contribution in [0.5, 0.6) is 0 Å². The van der Waals surface area contributed by atoms with Crippen LogP contribution in [0.2, 0.25) is 0 Å². The molecule has 0 bridgehead atoms. The molecular formula is C15H26N2O2. The molecule has 2 heterocycles. The number of hydrogen-bond acceptors (Lipinski definition) is 4. The zero-order valence-electron chi connectivity index (χ0n) is 12.2. The number of likely N-dealkylation sites (tertiary alicyclic amines) is 1. The van der Waals surface area contributed by atoms with Gasteiger partial charge in [0.15, 0.2) is 0 Å². The summed E-state index contributed by atoms with van der Waals surface area (Å²) in [6, 6.07) is 4.21. The number of nitrogens with two attached hydrogens (primary N) is 1. The highest BCUT2D eigenvalue weighted by Crippen LogP contribution is 2.31. The predicted octanol–water partition coefficient (Wildman–Crippen LogP) is 2.07. The van der Waals surface area contributed by atoms with Gasteiger partial charge in [0.05, 0.1) is 12.1 Å². The number of piperidine rings is 1. The average Bonchev–Trinajstić information content (AvgIpc) is 2.80. The zero-order chi connectivity index (χ0) is 14.0. The van der Waals surface area contributed by atoms with E-state index in [9.17, 15) is 5.11 Å². The highest BCUT2D eigenvalue weighted by Gasteiger charge is 2.33. The smallest absolute Gasteiger partial charge is 0.122 e. The van der Waals surface area contributed by atoms with Gasteiger partial charge in [-0.05, 0) is 37.8 Å². The first kappa shape index (κ1) is 14.6. The minimum Gasteiger partial charge on any atom is -0.465 e. The Bertz CT molecular complexity index is 405. The predicted molar refractivity (Wildman–Crippen MR) is 75.8 cm³/mol. The van der Waals surface area contributed by atoms with Crippen molar-refractivity contribution in [1.29, 1.82) is 0 Å². The summed E-state index contributed by atoms with van der Waals surface area (Å²) >= 11 is 0. The molecule has 4 unspecified atom stereocenters. The van der Waals surface area contributed by atoms with E-state index in [1.807, 2.05) is 19.1 Å². The van der Waals surface area contributed by atoms with Crippen molar-refractivity contribution in [2.24, 2.45) is 11.7 Å². The van der Waals surface area contributed by atoms with Gasteiger partial charge in [0.25, 0.3) is 0 Å². The highest BCUT2D eigenvalue weighted by molar-refractivity contribution is 5.12. The Labute approximate surface area is 115 Å². The van der Waals surface area contributed by atoms with Gasteiger partial charge in [-0.2, -0.15) is 0 Å². The zero-order valence-corrected chi connectivity index (χ0v) is 12.2. The van der Waals surface area contributed by atoms with Gasteiger partial charge in [-0.15, -0.1) is 0 Å². The lowest BCUT2D eigenvalue weighted by atomic mass is 9.92. The van der Waals surface area contributed by atoms with Gasteiger partial charge in [0.2, 0.25) is 0 Å². The molecule has 1 aromatic heterocycles. The molecule has 4 atom stereocenters. The number of aliphatic hydroxyl groups is 1. The third-order valence-corrected chi connectivity index (χ3v) is 4.21. The molecule has 0 spiro atoms. The minimum atomic E-state index is -0.187. The van der Waals surface area contributed by atoms with Crippen LogP contribution in [0.3, 0.4) is 0 Å². The minimum absolute atomic E-state index is 0.0630. The molecule has 1 fully saturated rings. The van der Waals surface area contributed by atoms with E-state index < -0.39 is 0 Å². The van der Waals surface area contributed by atoms with Gasteiger partial charge in [0, 0.05) is 19.1 Å². The molecule has 0 saturated carbocycles. The molecule has 1 saturated heterocycles. The van der Waals surface area contributed by atoms with E-state index in [0.717, 1.165) is 37.5 Å². The molecule has 3 N–H and O–H groups in total. The van der Waals surface area contributed by atoms with Crippen molar-refractivity contribution in [3.05, 3.63) is 23.7 Å². The van der Waals surface area contributed by atoms with Gasteiger partial charge < -0.3 is 15.3 Å². The molecule has 0 radical (unpaired) electrons. The summed E-state index contributed by atoms with van der Waals surface area (Å²) in [4.78, 5) is 2.36. The maximum Gasteiger partial charge on any atom is 0.122 e. The normalized spacial score (nSPS) is 28.3. The number of aryl methyl sites for hydroxylation is 1. The molecule has 19 heavy (non-hydrogen) atoms. The Balaban J connectivity index is 2.18. The largest absolute Gasteiger partial charge is 0.465 e. The van der Waals surface area contributed by atoms with Crippen molar-refractivity contribution >= 4 is 0 Å². The van der Waals surface area contributed by atoms with Crippen LogP contribution in [0.15, 0.2) is 16.5 Å². The van der Waals surface area contributed by atoms with Crippen LogP contribution in [0.1, 0.15) is 44.3 Å². The second-order valence-electron chi connectivity index (χ2n) is 5.79. The Morgan fingerprint density at radius 3 is 2.79 bits per heavy atom. The summed E-state index contributed by atoms with van der Waals surface area (Å²) in [5.74, 6) is 2.17. The van der Waals surface area contributed by atoms with Gasteiger partial charge in [0.1, 0.15) is 11.5 Å². The van der Waals surface area contributed by atoms with Crippen LogP contribution >= 0.6 is 0 Å². The SMILES string of the molecule is CCC(N)C(c1ccc(C)o1)N1CCC(O)C(C)C1. The summed E-state index contributed by atoms with van der Waals surface area (Å²) in [6.45, 7) is 7.91. The lowest BCUT2D eigenvalue weighted by molar-refractivity contribution is 0.00650. The maximum absolute atomic E-state index is 9.87. The topological polar surface area (TPSA) is 62.6 Å². The van der Waals surface area contributed by atoms with E-state index in [0.29, 0.717) is 0 Å². The molecule has 4 heteroatoms. The Morgan fingerprint density at radius 1 is 1.53 bits per heavy atom. The van der Waals surface area contributed by atoms with Gasteiger partial charge in [-0.25, -0.2) is 0 Å². The molecule has 0 aliphatic carbocycles. The van der Waals surface area contributed by atoms with Crippen LogP contribution in [-0.4, -0.2) is 35.2 Å². The van der Waals surface area contributed by atoms with E-state index in [2.05, 4.69) is 18.7 Å². The first-order valence-electron chi connectivity index (χ1n) is 7.27. The van der Waals surface area contributed by atoms with Crippen molar-refractivity contribution < 1.29 is 9.52 Å². The van der Waals surface area contributed by atoms with Gasteiger partial charge in [-0.3, -0.25) is 4.90 Å². The number of aliphatic hydroxyl groups excluding tert-OH is 1. The van der Waals surface area contributed by atoms with E-state index in [1.54, 1.807) is 0 Å². The third kappa shape index (κ3) is 3.19. The van der Waals surface area contributed by atoms with Crippen LogP contribution < -0.4 is 5.73 Å². The quantitative estimate of drug-likeness (QED) is 0.875. The Morgan fingerprint density at radius 2 is 2.26 bits per heavy atom. The molecule has 1 aliphatic rings. The highest BCUT2D eigenvalue weighted by atomic mass is 16.3. The number of hydrogen-bond donors (Lipinski definition) is 2. The number of nitrogens with zero attached hydrogens (tertiary/aromatic N) is 1. The van der Waals surface area contributed by atoms with E-state index in [1.165, 1.54) is 0 Å². The molecule has 2 rings (SSSR count). The average molecular weight is 266 g/mol. The summed E-state index contributed by atoms with van der Waals surface area (Å²) in [5, 5.41) is 9.87. The van der Waals surface area contributed by atoms with Crippen molar-refractivity contribution in [3.63, 3.8) is 0 Å². The van der Waals surface area contributed by atoms with E-state index in [-0.39, 0.29) is 24.1 Å². The fraction of sp³-hybridized carbons (Fsp3) is 0.733. The van der Waals surface area contributed by atoms with E-state index >= 15 is 0 Å². The second-order valence-corrected chi connectivity index (χ2v) is 5.79. The Hall–Kier alpha value is -0.840. The first-order valence-corrected chi connectivity index (χ1v) is 7.27. The molecular weight excluding hydrogens is 240 g/mol. The van der Waals surface area contributed by atoms with Crippen LogP contribution in [0.25, 0.3) is 0 Å². The standard InChI is InChI=1S/C15H26N2O2/c1-4-12(16)15(14-6-5-11(3)19-14)17-8-7-13(18)10(2)9-17/h5-6,10,12-13,15,18H,4,7-9,16H2,1-3H3. The molecule has 0 aromatic carbocycles. The fourth-order valence-electron chi connectivity index (χ4n) is 2.92. The van der Waals surface area contributed by atoms with Crippen molar-refractivity contribution in [2.75, 3.05) is 13.1 Å². The fourth-order valence-corrected chi connectivity index (χ4v) is 2.92. The lowest BCUT2D eigenvalue weighted by Crippen LogP contribution is -2.48.